The van der Waals surface area contributed by atoms with Crippen LogP contribution in [0.1, 0.15) is 37.5 Å². The fourth-order valence-corrected chi connectivity index (χ4v) is 3.25. The summed E-state index contributed by atoms with van der Waals surface area (Å²) in [6, 6.07) is 8.30. The van der Waals surface area contributed by atoms with Crippen LogP contribution in [0, 0.1) is 12.8 Å². The van der Waals surface area contributed by atoms with E-state index in [9.17, 15) is 0 Å². The molecular formula is C22H29N5. The third-order valence-electron chi connectivity index (χ3n) is 4.43. The quantitative estimate of drug-likeness (QED) is 0.598. The molecule has 0 aliphatic rings. The summed E-state index contributed by atoms with van der Waals surface area (Å²) in [4.78, 5) is 11.6. The molecule has 0 bridgehead atoms. The molecule has 2 heterocycles. The van der Waals surface area contributed by atoms with Crippen molar-refractivity contribution in [2.24, 2.45) is 5.92 Å². The minimum Gasteiger partial charge on any atom is -0.294 e. The third kappa shape index (κ3) is 5.47. The average molecular weight is 364 g/mol. The molecule has 0 radical (unpaired) electrons. The van der Waals surface area contributed by atoms with Crippen LogP contribution < -0.4 is 0 Å². The van der Waals surface area contributed by atoms with Crippen molar-refractivity contribution in [2.45, 2.75) is 47.3 Å². The van der Waals surface area contributed by atoms with Crippen LogP contribution >= 0.6 is 0 Å². The van der Waals surface area contributed by atoms with Gasteiger partial charge in [0, 0.05) is 61.5 Å². The van der Waals surface area contributed by atoms with E-state index in [1.54, 1.807) is 0 Å². The van der Waals surface area contributed by atoms with Gasteiger partial charge in [-0.3, -0.25) is 9.58 Å². The highest BCUT2D eigenvalue weighted by Gasteiger charge is 2.12. The van der Waals surface area contributed by atoms with Gasteiger partial charge in [-0.25, -0.2) is 9.97 Å². The molecule has 0 saturated carbocycles. The minimum absolute atomic E-state index is 0.596. The summed E-state index contributed by atoms with van der Waals surface area (Å²) in [5, 5.41) is 4.39. The van der Waals surface area contributed by atoms with Crippen molar-refractivity contribution in [2.75, 3.05) is 6.54 Å². The summed E-state index contributed by atoms with van der Waals surface area (Å²) in [5.74, 6) is 1.38. The van der Waals surface area contributed by atoms with E-state index in [0.717, 1.165) is 43.1 Å². The third-order valence-corrected chi connectivity index (χ3v) is 4.43. The molecule has 5 heteroatoms. The van der Waals surface area contributed by atoms with E-state index in [-0.39, 0.29) is 0 Å². The molecule has 0 aliphatic carbocycles. The molecule has 0 saturated heterocycles. The number of aryl methyl sites for hydroxylation is 2. The van der Waals surface area contributed by atoms with Crippen molar-refractivity contribution in [3.05, 3.63) is 65.7 Å². The molecule has 3 aromatic rings. The first-order chi connectivity index (χ1) is 13.0. The smallest absolute Gasteiger partial charge is 0.159 e. The summed E-state index contributed by atoms with van der Waals surface area (Å²) in [5.41, 5.74) is 4.66. The van der Waals surface area contributed by atoms with Gasteiger partial charge in [0.1, 0.15) is 0 Å². The molecule has 142 valence electrons. The largest absolute Gasteiger partial charge is 0.294 e. The van der Waals surface area contributed by atoms with Gasteiger partial charge in [0.15, 0.2) is 5.82 Å². The number of aromatic nitrogens is 4. The first-order valence-corrected chi connectivity index (χ1v) is 9.65. The van der Waals surface area contributed by atoms with Crippen LogP contribution in [0.2, 0.25) is 0 Å². The lowest BCUT2D eigenvalue weighted by Gasteiger charge is -2.23. The first-order valence-electron chi connectivity index (χ1n) is 9.65. The van der Waals surface area contributed by atoms with E-state index in [2.05, 4.69) is 72.1 Å². The predicted octanol–water partition coefficient (Wildman–Crippen LogP) is 4.33. The van der Waals surface area contributed by atoms with Crippen LogP contribution in [0.5, 0.6) is 0 Å². The monoisotopic (exact) mass is 363 g/mol. The zero-order chi connectivity index (χ0) is 19.2. The van der Waals surface area contributed by atoms with E-state index >= 15 is 0 Å². The Morgan fingerprint density at radius 1 is 1.04 bits per heavy atom. The minimum atomic E-state index is 0.596. The topological polar surface area (TPSA) is 46.8 Å². The zero-order valence-electron chi connectivity index (χ0n) is 16.8. The van der Waals surface area contributed by atoms with Crippen molar-refractivity contribution < 1.29 is 0 Å². The maximum atomic E-state index is 4.59. The second-order valence-corrected chi connectivity index (χ2v) is 7.55. The van der Waals surface area contributed by atoms with Crippen molar-refractivity contribution in [3.63, 3.8) is 0 Å². The van der Waals surface area contributed by atoms with Gasteiger partial charge in [0.05, 0.1) is 6.20 Å². The Balaban J connectivity index is 1.71. The summed E-state index contributed by atoms with van der Waals surface area (Å²) in [7, 11) is 0. The van der Waals surface area contributed by atoms with Crippen molar-refractivity contribution in [1.82, 2.24) is 24.6 Å². The molecule has 0 spiro atoms. The standard InChI is InChI=1S/C22H29N5/c1-5-27-16-20(12-25-27)15-26(13-17(2)3)14-19-10-23-22(24-11-19)21-8-6-7-18(4)9-21/h6-12,16-17H,5,13-15H2,1-4H3. The lowest BCUT2D eigenvalue weighted by atomic mass is 10.1. The van der Waals surface area contributed by atoms with Crippen molar-refractivity contribution >= 4 is 0 Å². The Hall–Kier alpha value is -2.53. The molecular weight excluding hydrogens is 334 g/mol. The zero-order valence-corrected chi connectivity index (χ0v) is 16.8. The SMILES string of the molecule is CCn1cc(CN(Cc2cnc(-c3cccc(C)c3)nc2)CC(C)C)cn1. The lowest BCUT2D eigenvalue weighted by molar-refractivity contribution is 0.227. The van der Waals surface area contributed by atoms with Crippen LogP contribution in [-0.4, -0.2) is 31.2 Å². The van der Waals surface area contributed by atoms with Crippen molar-refractivity contribution in [1.29, 1.82) is 0 Å². The second-order valence-electron chi connectivity index (χ2n) is 7.55. The predicted molar refractivity (Wildman–Crippen MR) is 109 cm³/mol. The van der Waals surface area contributed by atoms with Crippen LogP contribution in [-0.2, 0) is 19.6 Å². The first kappa shape index (κ1) is 19.2. The fourth-order valence-electron chi connectivity index (χ4n) is 3.25. The highest BCUT2D eigenvalue weighted by atomic mass is 15.3. The number of hydrogen-bond donors (Lipinski definition) is 0. The van der Waals surface area contributed by atoms with Crippen LogP contribution in [0.3, 0.4) is 0 Å². The Labute approximate surface area is 162 Å². The second kappa shape index (κ2) is 8.91. The van der Waals surface area contributed by atoms with Gasteiger partial charge in [0.2, 0.25) is 0 Å². The van der Waals surface area contributed by atoms with Gasteiger partial charge in [-0.1, -0.05) is 37.6 Å². The molecule has 5 nitrogen and oxygen atoms in total. The number of nitrogens with zero attached hydrogens (tertiary/aromatic N) is 5. The highest BCUT2D eigenvalue weighted by molar-refractivity contribution is 5.55. The number of benzene rings is 1. The van der Waals surface area contributed by atoms with E-state index in [1.807, 2.05) is 29.3 Å². The van der Waals surface area contributed by atoms with Gasteiger partial charge in [-0.2, -0.15) is 5.10 Å². The van der Waals surface area contributed by atoms with E-state index in [4.69, 9.17) is 0 Å². The Bertz CT molecular complexity index is 851. The molecule has 1 aromatic carbocycles. The Kier molecular flexibility index (Phi) is 6.35. The van der Waals surface area contributed by atoms with Gasteiger partial charge in [-0.05, 0) is 25.8 Å². The number of hydrogen-bond acceptors (Lipinski definition) is 4. The molecule has 0 amide bonds. The Morgan fingerprint density at radius 2 is 1.78 bits per heavy atom. The van der Waals surface area contributed by atoms with Crippen molar-refractivity contribution in [3.8, 4) is 11.4 Å². The van der Waals surface area contributed by atoms with E-state index in [0.29, 0.717) is 5.92 Å². The van der Waals surface area contributed by atoms with Gasteiger partial charge in [0.25, 0.3) is 0 Å². The van der Waals surface area contributed by atoms with E-state index < -0.39 is 0 Å². The fraction of sp³-hybridized carbons (Fsp3) is 0.409. The van der Waals surface area contributed by atoms with Crippen LogP contribution in [0.4, 0.5) is 0 Å². The Morgan fingerprint density at radius 3 is 2.41 bits per heavy atom. The summed E-state index contributed by atoms with van der Waals surface area (Å²) < 4.78 is 1.97. The summed E-state index contributed by atoms with van der Waals surface area (Å²) >= 11 is 0. The molecule has 0 fully saturated rings. The van der Waals surface area contributed by atoms with Crippen LogP contribution in [0.25, 0.3) is 11.4 Å². The molecule has 3 rings (SSSR count). The normalized spacial score (nSPS) is 11.5. The summed E-state index contributed by atoms with van der Waals surface area (Å²) in [6.45, 7) is 12.3. The molecule has 0 N–H and O–H groups in total. The van der Waals surface area contributed by atoms with Gasteiger partial charge in [-0.15, -0.1) is 0 Å². The van der Waals surface area contributed by atoms with Gasteiger partial charge < -0.3 is 0 Å². The number of rotatable bonds is 8. The van der Waals surface area contributed by atoms with Gasteiger partial charge >= 0.3 is 0 Å². The molecule has 2 aromatic heterocycles. The van der Waals surface area contributed by atoms with E-state index in [1.165, 1.54) is 11.1 Å². The lowest BCUT2D eigenvalue weighted by Crippen LogP contribution is -2.27. The maximum Gasteiger partial charge on any atom is 0.159 e. The molecule has 0 aliphatic heterocycles. The maximum absolute atomic E-state index is 4.59. The molecule has 0 unspecified atom stereocenters. The average Bonchev–Trinajstić information content (AvgIpc) is 3.09. The molecule has 27 heavy (non-hydrogen) atoms. The summed E-state index contributed by atoms with van der Waals surface area (Å²) in [6.07, 6.45) is 8.00. The highest BCUT2D eigenvalue weighted by Crippen LogP contribution is 2.17. The molecule has 0 atom stereocenters. The van der Waals surface area contributed by atoms with Crippen LogP contribution in [0.15, 0.2) is 49.1 Å².